The number of carbonyl (C=O) groups is 1. The standard InChI is InChI=1S/C29H32N4O4S2.ClH/c1-31(2)17-7-18-33(29-30-27-25(37-3)10-6-11-26(27)38-29)28(34)22-12-14-24(15-13-22)39(35,36)32-19-16-21-8-4-5-9-23(21)20-32;/h4-6,8-15H,7,16-20H2,1-3H3;1H/p-1. The number of amides is 1. The maximum Gasteiger partial charge on any atom is 0.260 e. The van der Waals surface area contributed by atoms with Crippen LogP contribution in [0.3, 0.4) is 0 Å². The molecule has 1 aromatic heterocycles. The van der Waals surface area contributed by atoms with E-state index < -0.39 is 10.0 Å². The molecule has 1 aliphatic heterocycles. The monoisotopic (exact) mass is 599 g/mol. The Labute approximate surface area is 245 Å². The Kier molecular flexibility index (Phi) is 9.48. The number of para-hydroxylation sites is 1. The number of ether oxygens (including phenoxy) is 1. The molecule has 1 aliphatic rings. The largest absolute Gasteiger partial charge is 1.00 e. The van der Waals surface area contributed by atoms with E-state index in [0.717, 1.165) is 28.7 Å². The highest BCUT2D eigenvalue weighted by atomic mass is 35.5. The van der Waals surface area contributed by atoms with E-state index in [-0.39, 0.29) is 23.2 Å². The second-order valence-electron chi connectivity index (χ2n) is 9.80. The summed E-state index contributed by atoms with van der Waals surface area (Å²) in [5.41, 5.74) is 3.34. The quantitative estimate of drug-likeness (QED) is 0.291. The van der Waals surface area contributed by atoms with Crippen molar-refractivity contribution in [1.29, 1.82) is 0 Å². The number of fused-ring (bicyclic) bond motifs is 2. The van der Waals surface area contributed by atoms with Gasteiger partial charge in [-0.3, -0.25) is 9.69 Å². The summed E-state index contributed by atoms with van der Waals surface area (Å²) in [6, 6.07) is 19.9. The van der Waals surface area contributed by atoms with Crippen LogP contribution in [-0.2, 0) is 23.0 Å². The molecule has 0 radical (unpaired) electrons. The molecule has 212 valence electrons. The van der Waals surface area contributed by atoms with Gasteiger partial charge in [-0.15, -0.1) is 0 Å². The van der Waals surface area contributed by atoms with Crippen molar-refractivity contribution in [3.05, 3.63) is 83.4 Å². The Morgan fingerprint density at radius 1 is 1.00 bits per heavy atom. The van der Waals surface area contributed by atoms with Gasteiger partial charge in [-0.1, -0.05) is 41.7 Å². The number of thiazole rings is 1. The van der Waals surface area contributed by atoms with Crippen LogP contribution in [0.5, 0.6) is 5.75 Å². The zero-order valence-electron chi connectivity index (χ0n) is 22.7. The van der Waals surface area contributed by atoms with Crippen LogP contribution in [-0.4, -0.2) is 69.4 Å². The van der Waals surface area contributed by atoms with E-state index in [0.29, 0.717) is 42.5 Å². The number of sulfonamides is 1. The van der Waals surface area contributed by atoms with Crippen molar-refractivity contribution in [3.63, 3.8) is 0 Å². The van der Waals surface area contributed by atoms with Gasteiger partial charge in [-0.05, 0) is 81.0 Å². The van der Waals surface area contributed by atoms with E-state index in [1.807, 2.05) is 56.6 Å². The average molecular weight is 600 g/mol. The van der Waals surface area contributed by atoms with E-state index in [1.54, 1.807) is 24.1 Å². The highest BCUT2D eigenvalue weighted by molar-refractivity contribution is 7.89. The van der Waals surface area contributed by atoms with Crippen molar-refractivity contribution < 1.29 is 30.4 Å². The highest BCUT2D eigenvalue weighted by Crippen LogP contribution is 2.35. The van der Waals surface area contributed by atoms with Gasteiger partial charge >= 0.3 is 0 Å². The molecule has 40 heavy (non-hydrogen) atoms. The number of anilines is 1. The van der Waals surface area contributed by atoms with Gasteiger partial charge in [0, 0.05) is 25.2 Å². The van der Waals surface area contributed by atoms with Gasteiger partial charge in [0.1, 0.15) is 11.3 Å². The number of hydrogen-bond donors (Lipinski definition) is 0. The van der Waals surface area contributed by atoms with Crippen molar-refractivity contribution in [2.24, 2.45) is 0 Å². The van der Waals surface area contributed by atoms with E-state index >= 15 is 0 Å². The number of methoxy groups -OCH3 is 1. The summed E-state index contributed by atoms with van der Waals surface area (Å²) in [6.45, 7) is 2.07. The lowest BCUT2D eigenvalue weighted by atomic mass is 10.0. The minimum atomic E-state index is -3.69. The fourth-order valence-corrected chi connectivity index (χ4v) is 7.20. The fourth-order valence-electron chi connectivity index (χ4n) is 4.77. The Hall–Kier alpha value is -3.02. The minimum absolute atomic E-state index is 0. The van der Waals surface area contributed by atoms with Crippen LogP contribution in [0.15, 0.2) is 71.6 Å². The van der Waals surface area contributed by atoms with Crippen LogP contribution in [0.4, 0.5) is 5.13 Å². The zero-order valence-corrected chi connectivity index (χ0v) is 25.1. The molecule has 0 aliphatic carbocycles. The van der Waals surface area contributed by atoms with Crippen LogP contribution >= 0.6 is 11.3 Å². The maximum absolute atomic E-state index is 13.7. The first-order chi connectivity index (χ1) is 18.8. The lowest BCUT2D eigenvalue weighted by Crippen LogP contribution is -3.00. The molecule has 0 fully saturated rings. The van der Waals surface area contributed by atoms with E-state index in [9.17, 15) is 13.2 Å². The van der Waals surface area contributed by atoms with Gasteiger partial charge < -0.3 is 22.0 Å². The van der Waals surface area contributed by atoms with Gasteiger partial charge in [0.05, 0.1) is 16.7 Å². The molecule has 0 bridgehead atoms. The van der Waals surface area contributed by atoms with Crippen molar-refractivity contribution in [2.45, 2.75) is 24.3 Å². The second kappa shape index (κ2) is 12.7. The molecule has 8 nitrogen and oxygen atoms in total. The van der Waals surface area contributed by atoms with Gasteiger partial charge in [-0.25, -0.2) is 13.4 Å². The summed E-state index contributed by atoms with van der Waals surface area (Å²) in [5, 5.41) is 0.585. The molecule has 0 unspecified atom stereocenters. The molecule has 0 spiro atoms. The molecule has 0 atom stereocenters. The molecule has 5 rings (SSSR count). The van der Waals surface area contributed by atoms with Gasteiger partial charge in [0.25, 0.3) is 5.91 Å². The topological polar surface area (TPSA) is 83.0 Å². The average Bonchev–Trinajstić information content (AvgIpc) is 3.39. The third kappa shape index (κ3) is 6.16. The van der Waals surface area contributed by atoms with Crippen molar-refractivity contribution in [1.82, 2.24) is 14.2 Å². The number of nitrogens with zero attached hydrogens (tertiary/aromatic N) is 4. The predicted molar refractivity (Wildman–Crippen MR) is 155 cm³/mol. The van der Waals surface area contributed by atoms with Gasteiger partial charge in [-0.2, -0.15) is 4.31 Å². The Morgan fingerprint density at radius 3 is 2.42 bits per heavy atom. The number of halogens is 1. The van der Waals surface area contributed by atoms with Crippen molar-refractivity contribution >= 4 is 42.6 Å². The van der Waals surface area contributed by atoms with Crippen LogP contribution in [0, 0.1) is 0 Å². The van der Waals surface area contributed by atoms with Crippen LogP contribution < -0.4 is 22.0 Å². The third-order valence-electron chi connectivity index (χ3n) is 6.89. The molecule has 3 aromatic carbocycles. The summed E-state index contributed by atoms with van der Waals surface area (Å²) in [5.74, 6) is 0.438. The molecule has 2 heterocycles. The zero-order chi connectivity index (χ0) is 27.6. The minimum Gasteiger partial charge on any atom is -1.00 e. The van der Waals surface area contributed by atoms with Crippen molar-refractivity contribution in [2.75, 3.05) is 45.7 Å². The molecule has 11 heteroatoms. The molecule has 1 amide bonds. The first kappa shape index (κ1) is 30.0. The predicted octanol–water partition coefficient (Wildman–Crippen LogP) is 1.65. The molecule has 0 saturated heterocycles. The Morgan fingerprint density at radius 2 is 1.73 bits per heavy atom. The number of aromatic nitrogens is 1. The van der Waals surface area contributed by atoms with Gasteiger partial charge in [0.15, 0.2) is 5.13 Å². The lowest BCUT2D eigenvalue weighted by molar-refractivity contribution is -0.0000182. The smallest absolute Gasteiger partial charge is 0.260 e. The van der Waals surface area contributed by atoms with E-state index in [1.165, 1.54) is 33.3 Å². The third-order valence-corrected chi connectivity index (χ3v) is 9.79. The lowest BCUT2D eigenvalue weighted by Gasteiger charge is -2.28. The SMILES string of the molecule is COc1cccc2sc(N(CCCN(C)C)C(=O)c3ccc(S(=O)(=O)N4CCc5ccccc5C4)cc3)nc12.[Cl-]. The first-order valence-electron chi connectivity index (χ1n) is 12.8. The molecular formula is C29H32ClN4O4S2-. The number of carbonyl (C=O) groups excluding carboxylic acids is 1. The summed E-state index contributed by atoms with van der Waals surface area (Å²) in [7, 11) is 1.90. The van der Waals surface area contributed by atoms with Crippen LogP contribution in [0.1, 0.15) is 27.9 Å². The molecule has 4 aromatic rings. The van der Waals surface area contributed by atoms with Gasteiger partial charge in [0.2, 0.25) is 10.0 Å². The number of benzene rings is 3. The number of rotatable bonds is 9. The molecular weight excluding hydrogens is 568 g/mol. The van der Waals surface area contributed by atoms with Crippen LogP contribution in [0.25, 0.3) is 10.2 Å². The maximum atomic E-state index is 13.7. The number of hydrogen-bond acceptors (Lipinski definition) is 7. The van der Waals surface area contributed by atoms with Crippen LogP contribution in [0.2, 0.25) is 0 Å². The van der Waals surface area contributed by atoms with E-state index in [4.69, 9.17) is 9.72 Å². The summed E-state index contributed by atoms with van der Waals surface area (Å²) in [6.07, 6.45) is 1.44. The highest BCUT2D eigenvalue weighted by Gasteiger charge is 2.29. The first-order valence-corrected chi connectivity index (χ1v) is 15.1. The molecule has 0 saturated carbocycles. The Balaban J connectivity index is 0.00000370. The fraction of sp³-hybridized carbons (Fsp3) is 0.310. The normalized spacial score (nSPS) is 13.6. The van der Waals surface area contributed by atoms with E-state index in [2.05, 4.69) is 4.90 Å². The summed E-state index contributed by atoms with van der Waals surface area (Å²) < 4.78 is 34.7. The summed E-state index contributed by atoms with van der Waals surface area (Å²) in [4.78, 5) is 22.4. The summed E-state index contributed by atoms with van der Waals surface area (Å²) >= 11 is 1.44. The second-order valence-corrected chi connectivity index (χ2v) is 12.7. The molecule has 0 N–H and O–H groups in total. The van der Waals surface area contributed by atoms with Crippen molar-refractivity contribution in [3.8, 4) is 5.75 Å². The Bertz CT molecular complexity index is 1590.